The minimum Gasteiger partial charge on any atom is -0.330 e. The van der Waals surface area contributed by atoms with Gasteiger partial charge in [-0.3, -0.25) is 24.5 Å². The molecule has 2 unspecified atom stereocenters. The number of rotatable bonds is 11. The summed E-state index contributed by atoms with van der Waals surface area (Å²) in [7, 11) is -6.38. The Labute approximate surface area is 421 Å². The number of sulfonamides is 2. The Kier molecular flexibility index (Phi) is 14.9. The molecule has 0 bridgehead atoms. The molecular weight excluding hydrogens is 964 g/mol. The van der Waals surface area contributed by atoms with Crippen molar-refractivity contribution >= 4 is 78.4 Å². The Hall–Kier alpha value is -5.06. The van der Waals surface area contributed by atoms with Crippen LogP contribution in [-0.4, -0.2) is 104 Å². The van der Waals surface area contributed by atoms with E-state index in [1.54, 1.807) is 32.9 Å². The number of piperidine rings is 2. The van der Waals surface area contributed by atoms with Gasteiger partial charge in [0.25, 0.3) is 11.8 Å². The number of pyridine rings is 2. The van der Waals surface area contributed by atoms with Gasteiger partial charge in [-0.2, -0.15) is 0 Å². The molecule has 3 aromatic carbocycles. The summed E-state index contributed by atoms with van der Waals surface area (Å²) >= 11 is 12.8. The van der Waals surface area contributed by atoms with E-state index in [0.29, 0.717) is 79.2 Å². The van der Waals surface area contributed by atoms with Crippen LogP contribution in [0.4, 0.5) is 0 Å². The highest BCUT2D eigenvalue weighted by molar-refractivity contribution is 7.88. The number of aromatic nitrogens is 2. The zero-order valence-corrected chi connectivity index (χ0v) is 42.6. The molecule has 3 aliphatic heterocycles. The fourth-order valence-electron chi connectivity index (χ4n) is 11.2. The van der Waals surface area contributed by atoms with Gasteiger partial charge in [0.2, 0.25) is 20.0 Å². The Morgan fingerprint density at radius 1 is 0.586 bits per heavy atom. The van der Waals surface area contributed by atoms with Crippen LogP contribution in [0.5, 0.6) is 0 Å². The quantitative estimate of drug-likeness (QED) is 0.127. The molecule has 5 heterocycles. The monoisotopic (exact) mass is 1020 g/mol. The van der Waals surface area contributed by atoms with Gasteiger partial charge in [0, 0.05) is 67.0 Å². The summed E-state index contributed by atoms with van der Waals surface area (Å²) in [6.45, 7) is 3.06. The third-order valence-corrected chi connectivity index (χ3v) is 17.7. The lowest BCUT2D eigenvalue weighted by molar-refractivity contribution is 0.0653. The second-order valence-corrected chi connectivity index (χ2v) is 23.9. The first-order chi connectivity index (χ1) is 33.6. The van der Waals surface area contributed by atoms with Crippen molar-refractivity contribution in [1.29, 1.82) is 0 Å². The van der Waals surface area contributed by atoms with Crippen LogP contribution in [0.1, 0.15) is 129 Å². The van der Waals surface area contributed by atoms with E-state index in [0.717, 1.165) is 77.7 Å². The third kappa shape index (κ3) is 10.5. The Bertz CT molecular complexity index is 3070. The summed E-state index contributed by atoms with van der Waals surface area (Å²) in [6.07, 6.45) is 16.8. The smallest absolute Gasteiger partial charge is 0.261 e. The molecule has 0 spiro atoms. The number of halogens is 2. The number of carbonyl (C=O) groups excluding carboxylic acids is 2. The lowest BCUT2D eigenvalue weighted by Crippen LogP contribution is -2.39. The summed E-state index contributed by atoms with van der Waals surface area (Å²) in [4.78, 5) is 36.8. The van der Waals surface area contributed by atoms with E-state index in [4.69, 9.17) is 38.9 Å². The number of fused-ring (bicyclic) bond motifs is 5. The van der Waals surface area contributed by atoms with Crippen molar-refractivity contribution in [2.24, 2.45) is 17.6 Å². The van der Waals surface area contributed by atoms with Gasteiger partial charge in [-0.25, -0.2) is 25.4 Å². The van der Waals surface area contributed by atoms with Crippen LogP contribution < -0.4 is 5.73 Å². The molecule has 366 valence electrons. The van der Waals surface area contributed by atoms with Gasteiger partial charge in [0.05, 0.1) is 35.0 Å². The Balaban J connectivity index is 0.000000181. The molecule has 2 saturated heterocycles. The minimum absolute atomic E-state index is 0.00448. The summed E-state index contributed by atoms with van der Waals surface area (Å²) in [5, 5.41) is 1.36. The van der Waals surface area contributed by atoms with Gasteiger partial charge in [0.15, 0.2) is 0 Å². The molecule has 5 aliphatic rings. The molecule has 2 fully saturated rings. The molecular formula is C54H58Cl2N6O6S2. The van der Waals surface area contributed by atoms with Gasteiger partial charge in [0.1, 0.15) is 0 Å². The topological polar surface area (TPSA) is 164 Å². The largest absolute Gasteiger partial charge is 0.330 e. The number of imide groups is 1. The lowest BCUT2D eigenvalue weighted by atomic mass is 9.76. The summed E-state index contributed by atoms with van der Waals surface area (Å²) < 4.78 is 51.4. The van der Waals surface area contributed by atoms with Crippen molar-refractivity contribution in [3.63, 3.8) is 0 Å². The summed E-state index contributed by atoms with van der Waals surface area (Å²) in [6, 6.07) is 27.2. The van der Waals surface area contributed by atoms with E-state index >= 15 is 0 Å². The number of benzene rings is 3. The molecule has 70 heavy (non-hydrogen) atoms. The molecule has 5 aromatic rings. The first-order valence-corrected chi connectivity index (χ1v) is 28.5. The number of allylic oxidation sites excluding steroid dienone is 2. The molecule has 0 radical (unpaired) electrons. The maximum atomic E-state index is 12.9. The van der Waals surface area contributed by atoms with Crippen LogP contribution >= 0.6 is 23.2 Å². The van der Waals surface area contributed by atoms with Gasteiger partial charge in [-0.05, 0) is 163 Å². The Morgan fingerprint density at radius 3 is 1.41 bits per heavy atom. The number of carbonyl (C=O) groups is 2. The van der Waals surface area contributed by atoms with Gasteiger partial charge in [-0.1, -0.05) is 71.8 Å². The van der Waals surface area contributed by atoms with Crippen molar-refractivity contribution in [2.45, 2.75) is 63.2 Å². The maximum Gasteiger partial charge on any atom is 0.261 e. The second-order valence-electron chi connectivity index (χ2n) is 19.0. The molecule has 2 amide bonds. The highest BCUT2D eigenvalue weighted by atomic mass is 35.5. The first-order valence-electron chi connectivity index (χ1n) is 24.1. The van der Waals surface area contributed by atoms with E-state index in [1.807, 2.05) is 48.8 Å². The predicted molar refractivity (Wildman–Crippen MR) is 278 cm³/mol. The lowest BCUT2D eigenvalue weighted by Gasteiger charge is -2.35. The fourth-order valence-corrected chi connectivity index (χ4v) is 13.3. The minimum atomic E-state index is -3.23. The van der Waals surface area contributed by atoms with Crippen LogP contribution in [0.3, 0.4) is 0 Å². The standard InChI is InChI=1S/C31H30ClN3O4S.C23H28ClN3O2S/c1-40(38,39)34-16-12-20(13-17-34)28-24-11-10-23(32)19-22(24)18-21(25-9-4-14-33-29(25)28)6-5-15-35-30(36)26-7-2-3-8-27(26)31(35)37;1-30(28,29)27-12-8-16(9-13-27)22-20-7-6-19(24)15-18(20)14-17(4-2-10-25)21-5-3-11-26-23(21)22/h2-4,7-11,14,18-20,28H,5-6,12-13,15-17H2,1H3;3,5-7,11,14-16,22H,2,4,8-10,12-13,25H2,1H3. The third-order valence-electron chi connectivity index (χ3n) is 14.6. The van der Waals surface area contributed by atoms with Crippen LogP contribution in [0.2, 0.25) is 10.0 Å². The van der Waals surface area contributed by atoms with E-state index in [1.165, 1.54) is 34.1 Å². The number of hydrogen-bond donors (Lipinski definition) is 1. The number of nitrogens with zero attached hydrogens (tertiary/aromatic N) is 5. The normalized spacial score (nSPS) is 19.9. The molecule has 0 saturated carbocycles. The maximum absolute atomic E-state index is 12.9. The highest BCUT2D eigenvalue weighted by Gasteiger charge is 2.39. The van der Waals surface area contributed by atoms with Crippen LogP contribution in [0.15, 0.2) is 97.3 Å². The summed E-state index contributed by atoms with van der Waals surface area (Å²) in [5.74, 6) is 0.166. The molecule has 2 N–H and O–H groups in total. The zero-order valence-electron chi connectivity index (χ0n) is 39.4. The first kappa shape index (κ1) is 49.9. The molecule has 10 rings (SSSR count). The number of hydrogen-bond acceptors (Lipinski definition) is 9. The van der Waals surface area contributed by atoms with Crippen LogP contribution in [-0.2, 0) is 20.0 Å². The van der Waals surface area contributed by atoms with Crippen molar-refractivity contribution < 1.29 is 26.4 Å². The average Bonchev–Trinajstić information content (AvgIpc) is 3.43. The van der Waals surface area contributed by atoms with E-state index in [9.17, 15) is 26.4 Å². The van der Waals surface area contributed by atoms with Crippen molar-refractivity contribution in [3.05, 3.63) is 163 Å². The van der Waals surface area contributed by atoms with E-state index in [2.05, 4.69) is 36.4 Å². The molecule has 12 nitrogen and oxygen atoms in total. The van der Waals surface area contributed by atoms with Crippen LogP contribution in [0.25, 0.3) is 23.3 Å². The van der Waals surface area contributed by atoms with E-state index < -0.39 is 20.0 Å². The number of amides is 2. The molecule has 2 aliphatic carbocycles. The van der Waals surface area contributed by atoms with Gasteiger partial charge in [-0.15, -0.1) is 0 Å². The molecule has 2 atom stereocenters. The molecule has 16 heteroatoms. The molecule has 2 aromatic heterocycles. The van der Waals surface area contributed by atoms with Crippen molar-refractivity contribution in [1.82, 2.24) is 23.5 Å². The predicted octanol–water partition coefficient (Wildman–Crippen LogP) is 9.60. The van der Waals surface area contributed by atoms with Gasteiger partial charge >= 0.3 is 0 Å². The van der Waals surface area contributed by atoms with E-state index in [-0.39, 0.29) is 29.6 Å². The SMILES string of the molecule is CS(=O)(=O)N1CCC(C2c3ccc(Cl)cc3C=C(CCCN)c3cccnc32)CC1.CS(=O)(=O)N1CCC(C2c3ccc(Cl)cc3C=C(CCCN3C(=O)c4ccccc4C3=O)c3cccnc32)CC1. The summed E-state index contributed by atoms with van der Waals surface area (Å²) in [5.41, 5.74) is 17.8. The van der Waals surface area contributed by atoms with Crippen LogP contribution in [0, 0.1) is 11.8 Å². The average molecular weight is 1020 g/mol. The zero-order chi connectivity index (χ0) is 49.3. The highest BCUT2D eigenvalue weighted by Crippen LogP contribution is 2.47. The second kappa shape index (κ2) is 21.0. The Morgan fingerprint density at radius 2 is 1.00 bits per heavy atom. The number of nitrogens with two attached hydrogens (primary N) is 1. The van der Waals surface area contributed by atoms with Gasteiger partial charge < -0.3 is 5.73 Å². The van der Waals surface area contributed by atoms with Crippen molar-refractivity contribution in [2.75, 3.05) is 51.8 Å². The van der Waals surface area contributed by atoms with Crippen molar-refractivity contribution in [3.8, 4) is 0 Å². The fraction of sp³-hybridized carbons (Fsp3) is 0.370.